The largest absolute Gasteiger partial charge is 0.494 e. The number of hydrogen-bond donors (Lipinski definition) is 1. The second kappa shape index (κ2) is 8.61. The van der Waals surface area contributed by atoms with E-state index in [-0.39, 0.29) is 0 Å². The van der Waals surface area contributed by atoms with Crippen molar-refractivity contribution in [1.82, 2.24) is 25.1 Å². The van der Waals surface area contributed by atoms with E-state index in [9.17, 15) is 5.11 Å². The van der Waals surface area contributed by atoms with Crippen molar-refractivity contribution in [1.29, 1.82) is 0 Å². The number of aryl methyl sites for hydroxylation is 1. The van der Waals surface area contributed by atoms with Gasteiger partial charge in [0.1, 0.15) is 11.4 Å². The van der Waals surface area contributed by atoms with Gasteiger partial charge in [-0.05, 0) is 35.0 Å². The van der Waals surface area contributed by atoms with Gasteiger partial charge in [0.2, 0.25) is 5.16 Å². The molecule has 8 nitrogen and oxygen atoms in total. The van der Waals surface area contributed by atoms with E-state index < -0.39 is 6.10 Å². The highest BCUT2D eigenvalue weighted by atomic mass is 32.2. The van der Waals surface area contributed by atoms with Crippen LogP contribution in [0.2, 0.25) is 0 Å². The summed E-state index contributed by atoms with van der Waals surface area (Å²) in [5, 5.41) is 22.9. The second-order valence-electron chi connectivity index (χ2n) is 5.93. The number of hydrogen-bond acceptors (Lipinski definition) is 8. The third kappa shape index (κ3) is 4.69. The molecule has 0 unspecified atom stereocenters. The smallest absolute Gasteiger partial charge is 0.214 e. The molecular formula is C16H23N5O3S. The van der Waals surface area contributed by atoms with Gasteiger partial charge in [-0.3, -0.25) is 4.90 Å². The third-order valence-electron chi connectivity index (χ3n) is 3.98. The van der Waals surface area contributed by atoms with Gasteiger partial charge >= 0.3 is 0 Å². The van der Waals surface area contributed by atoms with Gasteiger partial charge in [0.15, 0.2) is 0 Å². The van der Waals surface area contributed by atoms with Crippen LogP contribution >= 0.6 is 11.8 Å². The SMILES string of the molecule is COc1ccc(C)cc1-n1nnnc1SC[C@H](O)CN1CCOCC1. The van der Waals surface area contributed by atoms with Crippen LogP contribution in [-0.2, 0) is 4.74 Å². The Morgan fingerprint density at radius 3 is 2.92 bits per heavy atom. The lowest BCUT2D eigenvalue weighted by Crippen LogP contribution is -2.41. The fourth-order valence-electron chi connectivity index (χ4n) is 2.69. The molecule has 0 bridgehead atoms. The van der Waals surface area contributed by atoms with Gasteiger partial charge in [-0.1, -0.05) is 17.8 Å². The van der Waals surface area contributed by atoms with E-state index >= 15 is 0 Å². The molecule has 1 aliphatic heterocycles. The highest BCUT2D eigenvalue weighted by Gasteiger charge is 2.18. The summed E-state index contributed by atoms with van der Waals surface area (Å²) >= 11 is 1.43. The van der Waals surface area contributed by atoms with Gasteiger partial charge in [0.05, 0.1) is 26.4 Å². The number of β-amino-alcohol motifs (C(OH)–C–C–N with tert-alkyl or cyclic N) is 1. The molecule has 0 radical (unpaired) electrons. The quantitative estimate of drug-likeness (QED) is 0.720. The summed E-state index contributed by atoms with van der Waals surface area (Å²) < 4.78 is 12.4. The zero-order valence-corrected chi connectivity index (χ0v) is 15.3. The van der Waals surface area contributed by atoms with Crippen LogP contribution in [-0.4, -0.2) is 82.0 Å². The number of benzene rings is 1. The molecule has 1 aromatic heterocycles. The molecular weight excluding hydrogens is 342 g/mol. The Labute approximate surface area is 151 Å². The zero-order chi connectivity index (χ0) is 17.6. The second-order valence-corrected chi connectivity index (χ2v) is 6.91. The van der Waals surface area contributed by atoms with Crippen molar-refractivity contribution in [2.24, 2.45) is 0 Å². The molecule has 3 rings (SSSR count). The summed E-state index contributed by atoms with van der Waals surface area (Å²) in [4.78, 5) is 2.21. The van der Waals surface area contributed by atoms with Crippen molar-refractivity contribution >= 4 is 11.8 Å². The molecule has 25 heavy (non-hydrogen) atoms. The Kier molecular flexibility index (Phi) is 6.24. The van der Waals surface area contributed by atoms with Gasteiger partial charge in [-0.15, -0.1) is 5.10 Å². The van der Waals surface area contributed by atoms with Crippen molar-refractivity contribution in [2.45, 2.75) is 18.2 Å². The first-order chi connectivity index (χ1) is 12.2. The highest BCUT2D eigenvalue weighted by molar-refractivity contribution is 7.99. The Morgan fingerprint density at radius 1 is 1.36 bits per heavy atom. The average Bonchev–Trinajstić information content (AvgIpc) is 3.09. The predicted molar refractivity (Wildman–Crippen MR) is 94.4 cm³/mol. The molecule has 136 valence electrons. The van der Waals surface area contributed by atoms with E-state index in [4.69, 9.17) is 9.47 Å². The fourth-order valence-corrected chi connectivity index (χ4v) is 3.49. The van der Waals surface area contributed by atoms with Gasteiger partial charge in [-0.2, -0.15) is 4.68 Å². The minimum atomic E-state index is -0.451. The molecule has 1 N–H and O–H groups in total. The average molecular weight is 365 g/mol. The molecule has 1 fully saturated rings. The lowest BCUT2D eigenvalue weighted by Gasteiger charge is -2.28. The van der Waals surface area contributed by atoms with E-state index in [1.54, 1.807) is 11.8 Å². The maximum Gasteiger partial charge on any atom is 0.214 e. The molecule has 0 saturated carbocycles. The topological polar surface area (TPSA) is 85.5 Å². The third-order valence-corrected chi connectivity index (χ3v) is 5.05. The summed E-state index contributed by atoms with van der Waals surface area (Å²) in [5.41, 5.74) is 1.88. The van der Waals surface area contributed by atoms with Gasteiger partial charge < -0.3 is 14.6 Å². The molecule has 0 spiro atoms. The number of methoxy groups -OCH3 is 1. The molecule has 1 atom stereocenters. The minimum absolute atomic E-state index is 0.451. The van der Waals surface area contributed by atoms with Crippen LogP contribution in [0.1, 0.15) is 5.56 Å². The first-order valence-electron chi connectivity index (χ1n) is 8.21. The molecule has 9 heteroatoms. The Hall–Kier alpha value is -1.68. The van der Waals surface area contributed by atoms with Crippen molar-refractivity contribution in [3.63, 3.8) is 0 Å². The number of morpholine rings is 1. The Morgan fingerprint density at radius 2 is 2.16 bits per heavy atom. The molecule has 2 aromatic rings. The van der Waals surface area contributed by atoms with E-state index in [1.165, 1.54) is 11.8 Å². The number of aliphatic hydroxyl groups excluding tert-OH is 1. The van der Waals surface area contributed by atoms with E-state index in [2.05, 4.69) is 20.4 Å². The van der Waals surface area contributed by atoms with Crippen LogP contribution in [0, 0.1) is 6.92 Å². The molecule has 1 aromatic carbocycles. The Balaban J connectivity index is 1.65. The number of ether oxygens (including phenoxy) is 2. The van der Waals surface area contributed by atoms with Crippen LogP contribution in [0.5, 0.6) is 5.75 Å². The lowest BCUT2D eigenvalue weighted by molar-refractivity contribution is 0.0188. The van der Waals surface area contributed by atoms with Crippen molar-refractivity contribution in [3.8, 4) is 11.4 Å². The number of nitrogens with zero attached hydrogens (tertiary/aromatic N) is 5. The van der Waals surface area contributed by atoms with Crippen LogP contribution in [0.4, 0.5) is 0 Å². The van der Waals surface area contributed by atoms with Crippen LogP contribution in [0.15, 0.2) is 23.4 Å². The maximum atomic E-state index is 10.3. The zero-order valence-electron chi connectivity index (χ0n) is 14.5. The standard InChI is InChI=1S/C16H23N5O3S/c1-12-3-4-15(23-2)14(9-12)21-16(17-18-19-21)25-11-13(22)10-20-5-7-24-8-6-20/h3-4,9,13,22H,5-8,10-11H2,1-2H3/t13-/m1/s1. The number of rotatable bonds is 7. The normalized spacial score (nSPS) is 16.8. The maximum absolute atomic E-state index is 10.3. The molecule has 1 saturated heterocycles. The highest BCUT2D eigenvalue weighted by Crippen LogP contribution is 2.27. The first-order valence-corrected chi connectivity index (χ1v) is 9.20. The fraction of sp³-hybridized carbons (Fsp3) is 0.562. The van der Waals surface area contributed by atoms with Gasteiger partial charge in [0.25, 0.3) is 0 Å². The summed E-state index contributed by atoms with van der Waals surface area (Å²) in [6, 6.07) is 5.85. The van der Waals surface area contributed by atoms with Gasteiger partial charge in [0, 0.05) is 25.4 Å². The molecule has 0 aliphatic carbocycles. The van der Waals surface area contributed by atoms with Crippen LogP contribution in [0.3, 0.4) is 0 Å². The van der Waals surface area contributed by atoms with Gasteiger partial charge in [-0.25, -0.2) is 0 Å². The predicted octanol–water partition coefficient (Wildman–Crippen LogP) is 0.765. The number of thioether (sulfide) groups is 1. The summed E-state index contributed by atoms with van der Waals surface area (Å²) in [6.45, 7) is 5.81. The van der Waals surface area contributed by atoms with Crippen molar-refractivity contribution < 1.29 is 14.6 Å². The number of aromatic nitrogens is 4. The summed E-state index contributed by atoms with van der Waals surface area (Å²) in [7, 11) is 1.62. The number of aliphatic hydroxyl groups is 1. The Bertz CT molecular complexity index is 690. The molecule has 2 heterocycles. The lowest BCUT2D eigenvalue weighted by atomic mass is 10.2. The summed E-state index contributed by atoms with van der Waals surface area (Å²) in [5.74, 6) is 1.22. The van der Waals surface area contributed by atoms with Crippen LogP contribution < -0.4 is 4.74 Å². The van der Waals surface area contributed by atoms with E-state index in [0.29, 0.717) is 23.2 Å². The van der Waals surface area contributed by atoms with Crippen LogP contribution in [0.25, 0.3) is 5.69 Å². The number of tetrazole rings is 1. The summed E-state index contributed by atoms with van der Waals surface area (Å²) in [6.07, 6.45) is -0.451. The van der Waals surface area contributed by atoms with Crippen molar-refractivity contribution in [3.05, 3.63) is 23.8 Å². The first kappa shape index (κ1) is 18.1. The van der Waals surface area contributed by atoms with E-state index in [1.807, 2.05) is 25.1 Å². The van der Waals surface area contributed by atoms with E-state index in [0.717, 1.165) is 37.6 Å². The minimum Gasteiger partial charge on any atom is -0.494 e. The molecule has 0 amide bonds. The molecule has 1 aliphatic rings. The van der Waals surface area contributed by atoms with Crippen molar-refractivity contribution in [2.75, 3.05) is 45.7 Å². The monoisotopic (exact) mass is 365 g/mol.